The van der Waals surface area contributed by atoms with E-state index < -0.39 is 0 Å². The lowest BCUT2D eigenvalue weighted by Crippen LogP contribution is -2.30. The second-order valence-electron chi connectivity index (χ2n) is 4.70. The number of hydrazine groups is 1. The minimum Gasteiger partial charge on any atom is -0.486 e. The summed E-state index contributed by atoms with van der Waals surface area (Å²) in [5.74, 6) is 5.72. The third-order valence-electron chi connectivity index (χ3n) is 3.32. The molecule has 0 saturated heterocycles. The highest BCUT2D eigenvalue weighted by molar-refractivity contribution is 7.13. The molecule has 21 heavy (non-hydrogen) atoms. The van der Waals surface area contributed by atoms with Crippen LogP contribution in [0.3, 0.4) is 0 Å². The summed E-state index contributed by atoms with van der Waals surface area (Å²) < 4.78 is 5.81. The zero-order valence-corrected chi connectivity index (χ0v) is 13.2. The lowest BCUT2D eigenvalue weighted by atomic mass is 10.1. The van der Waals surface area contributed by atoms with Crippen molar-refractivity contribution < 1.29 is 9.53 Å². The van der Waals surface area contributed by atoms with E-state index in [-0.39, 0.29) is 5.91 Å². The fourth-order valence-corrected chi connectivity index (χ4v) is 2.93. The van der Waals surface area contributed by atoms with E-state index in [1.807, 2.05) is 39.0 Å². The lowest BCUT2D eigenvalue weighted by molar-refractivity contribution is 0.0956. The van der Waals surface area contributed by atoms with Crippen molar-refractivity contribution in [3.05, 3.63) is 44.9 Å². The van der Waals surface area contributed by atoms with Gasteiger partial charge in [0, 0.05) is 0 Å². The first-order chi connectivity index (χ1) is 10.1. The molecule has 2 aromatic rings. The number of nitrogens with two attached hydrogens (primary N) is 1. The van der Waals surface area contributed by atoms with Crippen LogP contribution in [-0.2, 0) is 13.0 Å². The Balaban J connectivity index is 2.15. The molecule has 1 heterocycles. The zero-order valence-electron chi connectivity index (χ0n) is 12.4. The van der Waals surface area contributed by atoms with Crippen molar-refractivity contribution in [1.29, 1.82) is 0 Å². The third kappa shape index (κ3) is 3.40. The number of rotatable bonds is 5. The number of nitrogen functional groups attached to an aromatic ring is 1. The van der Waals surface area contributed by atoms with Gasteiger partial charge in [0.25, 0.3) is 5.91 Å². The molecule has 0 spiro atoms. The molecule has 3 N–H and O–H groups in total. The number of aromatic nitrogens is 1. The van der Waals surface area contributed by atoms with E-state index in [0.29, 0.717) is 17.9 Å². The Morgan fingerprint density at radius 3 is 2.86 bits per heavy atom. The maximum absolute atomic E-state index is 11.7. The summed E-state index contributed by atoms with van der Waals surface area (Å²) in [6.45, 7) is 6.37. The predicted molar refractivity (Wildman–Crippen MR) is 83.4 cm³/mol. The van der Waals surface area contributed by atoms with Gasteiger partial charge in [0.2, 0.25) is 0 Å². The number of hydrogen-bond donors (Lipinski definition) is 2. The van der Waals surface area contributed by atoms with Crippen molar-refractivity contribution in [2.45, 2.75) is 33.8 Å². The minimum atomic E-state index is -0.303. The van der Waals surface area contributed by atoms with Gasteiger partial charge in [-0.25, -0.2) is 10.8 Å². The Hall–Kier alpha value is -1.92. The maximum atomic E-state index is 11.7. The van der Waals surface area contributed by atoms with Gasteiger partial charge < -0.3 is 4.74 Å². The quantitative estimate of drug-likeness (QED) is 0.505. The number of thiazole rings is 1. The van der Waals surface area contributed by atoms with Crippen LogP contribution in [0.15, 0.2) is 18.2 Å². The van der Waals surface area contributed by atoms with Gasteiger partial charge in [0.05, 0.1) is 5.69 Å². The van der Waals surface area contributed by atoms with Crippen LogP contribution < -0.4 is 16.0 Å². The fourth-order valence-electron chi connectivity index (χ4n) is 1.97. The number of carbonyl (C=O) groups is 1. The van der Waals surface area contributed by atoms with Crippen LogP contribution in [0.2, 0.25) is 0 Å². The Morgan fingerprint density at radius 1 is 1.43 bits per heavy atom. The minimum absolute atomic E-state index is 0.303. The zero-order chi connectivity index (χ0) is 15.4. The average Bonchev–Trinajstić information content (AvgIpc) is 2.91. The average molecular weight is 305 g/mol. The first-order valence-corrected chi connectivity index (χ1v) is 7.57. The van der Waals surface area contributed by atoms with Gasteiger partial charge in [0.1, 0.15) is 22.2 Å². The number of amides is 1. The molecule has 0 aliphatic rings. The number of benzene rings is 1. The molecule has 5 nitrogen and oxygen atoms in total. The number of hydrogen-bond acceptors (Lipinski definition) is 5. The summed E-state index contributed by atoms with van der Waals surface area (Å²) in [6, 6.07) is 5.94. The second-order valence-corrected chi connectivity index (χ2v) is 5.78. The molecule has 0 bridgehead atoms. The van der Waals surface area contributed by atoms with Crippen LogP contribution in [-0.4, -0.2) is 10.9 Å². The predicted octanol–water partition coefficient (Wildman–Crippen LogP) is 2.50. The molecule has 2 rings (SSSR count). The Bertz CT molecular complexity index is 652. The molecular formula is C15H19N3O2S. The van der Waals surface area contributed by atoms with Crippen molar-refractivity contribution in [1.82, 2.24) is 10.4 Å². The molecule has 112 valence electrons. The molecule has 1 amide bonds. The number of nitrogens with one attached hydrogen (secondary N) is 1. The standard InChI is InChI=1S/C15H19N3O2S/c1-4-11-14(15(19)18-16)21-13(17-11)8-20-12-7-5-6-9(2)10(12)3/h5-7H,4,8,16H2,1-3H3,(H,18,19). The van der Waals surface area contributed by atoms with Crippen molar-refractivity contribution in [3.63, 3.8) is 0 Å². The van der Waals surface area contributed by atoms with Crippen LogP contribution in [0.5, 0.6) is 5.75 Å². The Kier molecular flexibility index (Phi) is 4.93. The summed E-state index contributed by atoms with van der Waals surface area (Å²) in [4.78, 5) is 16.7. The Morgan fingerprint density at radius 2 is 2.19 bits per heavy atom. The molecule has 0 saturated carbocycles. The van der Waals surface area contributed by atoms with Gasteiger partial charge >= 0.3 is 0 Å². The van der Waals surface area contributed by atoms with Gasteiger partial charge in [-0.15, -0.1) is 11.3 Å². The smallest absolute Gasteiger partial charge is 0.277 e. The van der Waals surface area contributed by atoms with Crippen molar-refractivity contribution >= 4 is 17.2 Å². The van der Waals surface area contributed by atoms with Crippen molar-refractivity contribution in [2.24, 2.45) is 5.84 Å². The van der Waals surface area contributed by atoms with E-state index in [4.69, 9.17) is 10.6 Å². The largest absolute Gasteiger partial charge is 0.486 e. The summed E-state index contributed by atoms with van der Waals surface area (Å²) in [5.41, 5.74) is 5.20. The first-order valence-electron chi connectivity index (χ1n) is 6.75. The molecule has 0 aliphatic heterocycles. The Labute approximate surface area is 128 Å². The fraction of sp³-hybridized carbons (Fsp3) is 0.333. The summed E-state index contributed by atoms with van der Waals surface area (Å²) in [6.07, 6.45) is 0.683. The molecule has 0 radical (unpaired) electrons. The van der Waals surface area contributed by atoms with Crippen LogP contribution in [0.1, 0.15) is 38.4 Å². The SMILES string of the molecule is CCc1nc(COc2cccc(C)c2C)sc1C(=O)NN. The molecule has 0 unspecified atom stereocenters. The molecule has 0 fully saturated rings. The first kappa shape index (κ1) is 15.5. The second kappa shape index (κ2) is 6.69. The highest BCUT2D eigenvalue weighted by Crippen LogP contribution is 2.24. The van der Waals surface area contributed by atoms with Crippen LogP contribution in [0, 0.1) is 13.8 Å². The number of carbonyl (C=O) groups excluding carboxylic acids is 1. The van der Waals surface area contributed by atoms with Crippen LogP contribution >= 0.6 is 11.3 Å². The van der Waals surface area contributed by atoms with Gasteiger partial charge in [-0.1, -0.05) is 19.1 Å². The van der Waals surface area contributed by atoms with Crippen molar-refractivity contribution in [2.75, 3.05) is 0 Å². The summed E-state index contributed by atoms with van der Waals surface area (Å²) >= 11 is 1.32. The normalized spacial score (nSPS) is 10.5. The van der Waals surface area contributed by atoms with Crippen LogP contribution in [0.25, 0.3) is 0 Å². The maximum Gasteiger partial charge on any atom is 0.277 e. The summed E-state index contributed by atoms with van der Waals surface area (Å²) in [7, 11) is 0. The molecule has 0 atom stereocenters. The van der Waals surface area contributed by atoms with Crippen LogP contribution in [0.4, 0.5) is 0 Å². The molecule has 1 aromatic heterocycles. The van der Waals surface area contributed by atoms with Gasteiger partial charge in [-0.3, -0.25) is 10.2 Å². The van der Waals surface area contributed by atoms with E-state index in [2.05, 4.69) is 10.4 Å². The molecular weight excluding hydrogens is 286 g/mol. The number of aryl methyl sites for hydroxylation is 2. The van der Waals surface area contributed by atoms with Gasteiger partial charge in [-0.2, -0.15) is 0 Å². The van der Waals surface area contributed by atoms with E-state index in [9.17, 15) is 4.79 Å². The third-order valence-corrected chi connectivity index (χ3v) is 4.39. The lowest BCUT2D eigenvalue weighted by Gasteiger charge is -2.09. The van der Waals surface area contributed by atoms with Gasteiger partial charge in [-0.05, 0) is 37.5 Å². The topological polar surface area (TPSA) is 77.2 Å². The molecule has 6 heteroatoms. The number of nitrogens with zero attached hydrogens (tertiary/aromatic N) is 1. The number of ether oxygens (including phenoxy) is 1. The van der Waals surface area contributed by atoms with Crippen molar-refractivity contribution in [3.8, 4) is 5.75 Å². The molecule has 0 aliphatic carbocycles. The summed E-state index contributed by atoms with van der Waals surface area (Å²) in [5, 5.41) is 0.770. The highest BCUT2D eigenvalue weighted by atomic mass is 32.1. The van der Waals surface area contributed by atoms with E-state index in [1.165, 1.54) is 16.9 Å². The van der Waals surface area contributed by atoms with E-state index in [1.54, 1.807) is 0 Å². The van der Waals surface area contributed by atoms with E-state index >= 15 is 0 Å². The van der Waals surface area contributed by atoms with E-state index in [0.717, 1.165) is 22.0 Å². The monoisotopic (exact) mass is 305 g/mol. The molecule has 1 aromatic carbocycles. The van der Waals surface area contributed by atoms with Gasteiger partial charge in [0.15, 0.2) is 0 Å². The highest BCUT2D eigenvalue weighted by Gasteiger charge is 2.16.